The maximum absolute atomic E-state index is 13.3. The van der Waals surface area contributed by atoms with Gasteiger partial charge in [0, 0.05) is 22.3 Å². The number of hydrogen-bond donors (Lipinski definition) is 2. The maximum atomic E-state index is 13.3. The van der Waals surface area contributed by atoms with Crippen LogP contribution >= 0.6 is 0 Å². The topological polar surface area (TPSA) is 83.8 Å². The van der Waals surface area contributed by atoms with Gasteiger partial charge in [0.25, 0.3) is 0 Å². The van der Waals surface area contributed by atoms with Crippen molar-refractivity contribution in [2.45, 2.75) is 0 Å². The molecule has 0 bridgehead atoms. The lowest BCUT2D eigenvalue weighted by atomic mass is 9.93. The zero-order valence-corrected chi connectivity index (χ0v) is 13.5. The highest BCUT2D eigenvalue weighted by atomic mass is 16.3. The number of benzene rings is 2. The highest BCUT2D eigenvalue weighted by Gasteiger charge is 2.21. The summed E-state index contributed by atoms with van der Waals surface area (Å²) >= 11 is 0. The van der Waals surface area contributed by atoms with Gasteiger partial charge in [0.05, 0.1) is 12.5 Å². The Bertz CT molecular complexity index is 974. The Labute approximate surface area is 148 Å². The van der Waals surface area contributed by atoms with Crippen LogP contribution in [-0.4, -0.2) is 16.0 Å². The van der Waals surface area contributed by atoms with Crippen molar-refractivity contribution in [3.8, 4) is 34.1 Å². The van der Waals surface area contributed by atoms with Gasteiger partial charge in [-0.15, -0.1) is 0 Å². The smallest absolute Gasteiger partial charge is 0.194 e. The number of hydrogen-bond acceptors (Lipinski definition) is 5. The van der Waals surface area contributed by atoms with Crippen LogP contribution in [0.25, 0.3) is 22.6 Å². The van der Waals surface area contributed by atoms with Crippen LogP contribution in [0.15, 0.2) is 82.0 Å². The highest BCUT2D eigenvalue weighted by Crippen LogP contribution is 2.34. The molecule has 4 rings (SSSR count). The summed E-state index contributed by atoms with van der Waals surface area (Å²) in [4.78, 5) is 13.3. The molecule has 0 atom stereocenters. The molecule has 2 aromatic heterocycles. The summed E-state index contributed by atoms with van der Waals surface area (Å²) in [5.41, 5.74) is 1.71. The van der Waals surface area contributed by atoms with E-state index >= 15 is 0 Å². The number of carbonyl (C=O) groups is 1. The summed E-state index contributed by atoms with van der Waals surface area (Å²) in [7, 11) is 0. The van der Waals surface area contributed by atoms with Gasteiger partial charge in [-0.3, -0.25) is 4.79 Å². The maximum Gasteiger partial charge on any atom is 0.194 e. The third-order valence-electron chi connectivity index (χ3n) is 4.07. The number of ketones is 1. The van der Waals surface area contributed by atoms with E-state index in [-0.39, 0.29) is 17.3 Å². The molecule has 0 aliphatic carbocycles. The average Bonchev–Trinajstić information content (AvgIpc) is 3.35. The standard InChI is InChI=1S/C21H14O5/c22-13-5-7-15(17(11-13)19-3-1-9-25-19)21(24)16-8-6-14(23)12-18(16)20-4-2-10-26-20/h1-12,22-23H. The molecule has 5 nitrogen and oxygen atoms in total. The first-order valence-electron chi connectivity index (χ1n) is 7.92. The molecule has 5 heteroatoms. The molecule has 2 aromatic carbocycles. The Morgan fingerprint density at radius 1 is 0.692 bits per heavy atom. The molecule has 0 amide bonds. The van der Waals surface area contributed by atoms with Gasteiger partial charge < -0.3 is 19.0 Å². The zero-order valence-electron chi connectivity index (χ0n) is 13.5. The van der Waals surface area contributed by atoms with E-state index in [4.69, 9.17) is 8.83 Å². The van der Waals surface area contributed by atoms with Crippen molar-refractivity contribution in [3.63, 3.8) is 0 Å². The third-order valence-corrected chi connectivity index (χ3v) is 4.07. The van der Waals surface area contributed by atoms with Crippen molar-refractivity contribution in [2.75, 3.05) is 0 Å². The predicted molar refractivity (Wildman–Crippen MR) is 95.1 cm³/mol. The molecular weight excluding hydrogens is 332 g/mol. The van der Waals surface area contributed by atoms with Gasteiger partial charge >= 0.3 is 0 Å². The predicted octanol–water partition coefficient (Wildman–Crippen LogP) is 4.85. The molecular formula is C21H14O5. The van der Waals surface area contributed by atoms with E-state index in [1.54, 1.807) is 36.4 Å². The second kappa shape index (κ2) is 6.29. The largest absolute Gasteiger partial charge is 0.508 e. The fourth-order valence-electron chi connectivity index (χ4n) is 2.88. The lowest BCUT2D eigenvalue weighted by Crippen LogP contribution is -2.05. The monoisotopic (exact) mass is 346 g/mol. The molecule has 2 N–H and O–H groups in total. The molecule has 0 fully saturated rings. The van der Waals surface area contributed by atoms with E-state index in [0.29, 0.717) is 33.8 Å². The van der Waals surface area contributed by atoms with Crippen LogP contribution in [0, 0.1) is 0 Å². The zero-order chi connectivity index (χ0) is 18.1. The van der Waals surface area contributed by atoms with Crippen LogP contribution in [0.5, 0.6) is 11.5 Å². The Balaban J connectivity index is 1.88. The Morgan fingerprint density at radius 3 is 1.54 bits per heavy atom. The van der Waals surface area contributed by atoms with Crippen molar-refractivity contribution >= 4 is 5.78 Å². The van der Waals surface area contributed by atoms with Crippen molar-refractivity contribution in [1.29, 1.82) is 0 Å². The fourth-order valence-corrected chi connectivity index (χ4v) is 2.88. The SMILES string of the molecule is O=C(c1ccc(O)cc1-c1ccco1)c1ccc(O)cc1-c1ccco1. The van der Waals surface area contributed by atoms with Crippen LogP contribution in [0.1, 0.15) is 15.9 Å². The molecule has 0 saturated heterocycles. The summed E-state index contributed by atoms with van der Waals surface area (Å²) in [6, 6.07) is 15.8. The molecule has 128 valence electrons. The molecule has 0 aliphatic rings. The molecule has 4 aromatic rings. The van der Waals surface area contributed by atoms with Crippen LogP contribution in [0.3, 0.4) is 0 Å². The summed E-state index contributed by atoms with van der Waals surface area (Å²) in [5.74, 6) is 0.739. The van der Waals surface area contributed by atoms with Gasteiger partial charge in [0.2, 0.25) is 0 Å². The van der Waals surface area contributed by atoms with Crippen molar-refractivity contribution in [3.05, 3.63) is 84.3 Å². The molecule has 26 heavy (non-hydrogen) atoms. The van der Waals surface area contributed by atoms with E-state index in [0.717, 1.165) is 0 Å². The van der Waals surface area contributed by atoms with E-state index in [1.165, 1.54) is 36.8 Å². The normalized spacial score (nSPS) is 10.8. The summed E-state index contributed by atoms with van der Waals surface area (Å²) in [6.07, 6.45) is 3.00. The van der Waals surface area contributed by atoms with Gasteiger partial charge in [-0.2, -0.15) is 0 Å². The first kappa shape index (κ1) is 15.8. The van der Waals surface area contributed by atoms with Gasteiger partial charge in [0.1, 0.15) is 23.0 Å². The summed E-state index contributed by atoms with van der Waals surface area (Å²) in [6.45, 7) is 0. The second-order valence-electron chi connectivity index (χ2n) is 5.74. The van der Waals surface area contributed by atoms with E-state index in [2.05, 4.69) is 0 Å². The van der Waals surface area contributed by atoms with E-state index in [1.807, 2.05) is 0 Å². The van der Waals surface area contributed by atoms with Crippen LogP contribution in [-0.2, 0) is 0 Å². The number of aromatic hydroxyl groups is 2. The molecule has 2 heterocycles. The molecule has 0 unspecified atom stereocenters. The minimum absolute atomic E-state index is 0.0323. The van der Waals surface area contributed by atoms with Crippen LogP contribution < -0.4 is 0 Å². The number of carbonyl (C=O) groups excluding carboxylic acids is 1. The van der Waals surface area contributed by atoms with Gasteiger partial charge in [0.15, 0.2) is 5.78 Å². The average molecular weight is 346 g/mol. The van der Waals surface area contributed by atoms with Crippen LogP contribution in [0.4, 0.5) is 0 Å². The fraction of sp³-hybridized carbons (Fsp3) is 0. The molecule has 0 aliphatic heterocycles. The quantitative estimate of drug-likeness (QED) is 0.516. The highest BCUT2D eigenvalue weighted by molar-refractivity contribution is 6.15. The van der Waals surface area contributed by atoms with Crippen molar-refractivity contribution < 1.29 is 23.8 Å². The minimum Gasteiger partial charge on any atom is -0.508 e. The Hall–Kier alpha value is -3.73. The third kappa shape index (κ3) is 2.75. The van der Waals surface area contributed by atoms with Crippen molar-refractivity contribution in [2.24, 2.45) is 0 Å². The Kier molecular flexibility index (Phi) is 3.82. The van der Waals surface area contributed by atoms with Crippen molar-refractivity contribution in [1.82, 2.24) is 0 Å². The second-order valence-corrected chi connectivity index (χ2v) is 5.74. The first-order chi connectivity index (χ1) is 12.6. The van der Waals surface area contributed by atoms with Gasteiger partial charge in [-0.05, 0) is 60.7 Å². The Morgan fingerprint density at radius 2 is 1.15 bits per heavy atom. The van der Waals surface area contributed by atoms with E-state index < -0.39 is 0 Å². The number of phenols is 2. The van der Waals surface area contributed by atoms with Gasteiger partial charge in [-0.25, -0.2) is 0 Å². The molecule has 0 radical (unpaired) electrons. The first-order valence-corrected chi connectivity index (χ1v) is 7.92. The molecule has 0 saturated carbocycles. The summed E-state index contributed by atoms with van der Waals surface area (Å²) in [5, 5.41) is 19.7. The lowest BCUT2D eigenvalue weighted by Gasteiger charge is -2.11. The number of rotatable bonds is 4. The number of furan rings is 2. The minimum atomic E-state index is -0.275. The number of phenolic OH excluding ortho intramolecular Hbond substituents is 2. The van der Waals surface area contributed by atoms with E-state index in [9.17, 15) is 15.0 Å². The molecule has 0 spiro atoms. The lowest BCUT2D eigenvalue weighted by molar-refractivity contribution is 0.103. The summed E-state index contributed by atoms with van der Waals surface area (Å²) < 4.78 is 10.8. The van der Waals surface area contributed by atoms with Crippen LogP contribution in [0.2, 0.25) is 0 Å². The van der Waals surface area contributed by atoms with Gasteiger partial charge in [-0.1, -0.05) is 0 Å².